The van der Waals surface area contributed by atoms with Gasteiger partial charge in [0.25, 0.3) is 0 Å². The topological polar surface area (TPSA) is 41.6 Å². The standard InChI is InChI=1S/C19H20ClFN2O2/c20-15-3-7-17(8-4-15)25-18(11-14-1-5-16(21)6-2-14)12-23-10-9-22-19(24)13-23/h1-8,18H,9-13H2,(H,22,24). The van der Waals surface area contributed by atoms with E-state index in [0.717, 1.165) is 17.9 Å². The Kier molecular flexibility index (Phi) is 5.89. The fourth-order valence-electron chi connectivity index (χ4n) is 2.87. The fourth-order valence-corrected chi connectivity index (χ4v) is 2.99. The van der Waals surface area contributed by atoms with E-state index in [1.807, 2.05) is 12.1 Å². The third-order valence-electron chi connectivity index (χ3n) is 4.07. The Morgan fingerprint density at radius 3 is 2.56 bits per heavy atom. The second-order valence-corrected chi connectivity index (χ2v) is 6.55. The van der Waals surface area contributed by atoms with E-state index in [-0.39, 0.29) is 17.8 Å². The maximum Gasteiger partial charge on any atom is 0.234 e. The van der Waals surface area contributed by atoms with Gasteiger partial charge in [0.15, 0.2) is 0 Å². The number of amides is 1. The molecule has 1 saturated heterocycles. The number of carbonyl (C=O) groups is 1. The molecule has 1 amide bonds. The minimum atomic E-state index is -0.258. The van der Waals surface area contributed by atoms with Crippen LogP contribution >= 0.6 is 11.6 Å². The normalized spacial score (nSPS) is 16.3. The summed E-state index contributed by atoms with van der Waals surface area (Å²) >= 11 is 5.92. The lowest BCUT2D eigenvalue weighted by molar-refractivity contribution is -0.124. The molecule has 1 aliphatic heterocycles. The van der Waals surface area contributed by atoms with Crippen molar-refractivity contribution in [2.24, 2.45) is 0 Å². The van der Waals surface area contributed by atoms with Crippen LogP contribution in [0.4, 0.5) is 4.39 Å². The van der Waals surface area contributed by atoms with Gasteiger partial charge in [0, 0.05) is 31.1 Å². The van der Waals surface area contributed by atoms with E-state index in [9.17, 15) is 9.18 Å². The summed E-state index contributed by atoms with van der Waals surface area (Å²) in [5, 5.41) is 3.47. The number of halogens is 2. The minimum Gasteiger partial charge on any atom is -0.489 e. The Morgan fingerprint density at radius 2 is 1.88 bits per heavy atom. The van der Waals surface area contributed by atoms with Crippen LogP contribution in [0.1, 0.15) is 5.56 Å². The predicted molar refractivity (Wildman–Crippen MR) is 95.4 cm³/mol. The Balaban J connectivity index is 1.70. The minimum absolute atomic E-state index is 0.0262. The van der Waals surface area contributed by atoms with Crippen LogP contribution in [0.15, 0.2) is 48.5 Å². The Hall–Kier alpha value is -2.11. The zero-order valence-electron chi connectivity index (χ0n) is 13.8. The van der Waals surface area contributed by atoms with Crippen LogP contribution in [0.25, 0.3) is 0 Å². The van der Waals surface area contributed by atoms with Gasteiger partial charge in [-0.25, -0.2) is 4.39 Å². The molecule has 1 aliphatic rings. The average molecular weight is 363 g/mol. The first-order valence-corrected chi connectivity index (χ1v) is 8.62. The van der Waals surface area contributed by atoms with Gasteiger partial charge in [-0.05, 0) is 42.0 Å². The van der Waals surface area contributed by atoms with Crippen molar-refractivity contribution in [3.05, 3.63) is 64.9 Å². The van der Waals surface area contributed by atoms with E-state index < -0.39 is 0 Å². The van der Waals surface area contributed by atoms with Crippen molar-refractivity contribution in [3.8, 4) is 5.75 Å². The summed E-state index contributed by atoms with van der Waals surface area (Å²) < 4.78 is 19.2. The van der Waals surface area contributed by atoms with Crippen molar-refractivity contribution >= 4 is 17.5 Å². The molecule has 1 unspecified atom stereocenters. The molecule has 1 N–H and O–H groups in total. The molecule has 2 aromatic rings. The number of nitrogens with zero attached hydrogens (tertiary/aromatic N) is 1. The van der Waals surface area contributed by atoms with E-state index in [1.165, 1.54) is 12.1 Å². The van der Waals surface area contributed by atoms with Crippen LogP contribution < -0.4 is 10.1 Å². The molecule has 0 spiro atoms. The van der Waals surface area contributed by atoms with Gasteiger partial charge >= 0.3 is 0 Å². The zero-order valence-corrected chi connectivity index (χ0v) is 14.5. The first-order chi connectivity index (χ1) is 12.1. The third-order valence-corrected chi connectivity index (χ3v) is 4.32. The molecular formula is C19H20ClFN2O2. The quantitative estimate of drug-likeness (QED) is 0.859. The molecule has 1 heterocycles. The molecule has 0 saturated carbocycles. The molecule has 0 aliphatic carbocycles. The van der Waals surface area contributed by atoms with Crippen LogP contribution in [0.3, 0.4) is 0 Å². The van der Waals surface area contributed by atoms with Crippen molar-refractivity contribution < 1.29 is 13.9 Å². The first-order valence-electron chi connectivity index (χ1n) is 8.24. The van der Waals surface area contributed by atoms with Crippen LogP contribution in [0, 0.1) is 5.82 Å². The van der Waals surface area contributed by atoms with E-state index in [1.54, 1.807) is 24.3 Å². The van der Waals surface area contributed by atoms with Gasteiger partial charge in [0.1, 0.15) is 17.7 Å². The molecule has 6 heteroatoms. The third kappa shape index (κ3) is 5.44. The van der Waals surface area contributed by atoms with E-state index >= 15 is 0 Å². The summed E-state index contributed by atoms with van der Waals surface area (Å²) in [6, 6.07) is 13.6. The van der Waals surface area contributed by atoms with Crippen LogP contribution in [0.5, 0.6) is 5.75 Å². The van der Waals surface area contributed by atoms with Gasteiger partial charge in [-0.15, -0.1) is 0 Å². The number of rotatable bonds is 6. The lowest BCUT2D eigenvalue weighted by atomic mass is 10.1. The molecule has 2 aromatic carbocycles. The molecule has 3 rings (SSSR count). The van der Waals surface area contributed by atoms with Crippen molar-refractivity contribution in [3.63, 3.8) is 0 Å². The summed E-state index contributed by atoms with van der Waals surface area (Å²) in [6.45, 7) is 2.41. The Bertz CT molecular complexity index is 659. The van der Waals surface area contributed by atoms with E-state index in [2.05, 4.69) is 10.2 Å². The van der Waals surface area contributed by atoms with Gasteiger partial charge in [-0.3, -0.25) is 9.69 Å². The molecule has 0 bridgehead atoms. The highest BCUT2D eigenvalue weighted by molar-refractivity contribution is 6.30. The van der Waals surface area contributed by atoms with E-state index in [0.29, 0.717) is 31.1 Å². The highest BCUT2D eigenvalue weighted by Gasteiger charge is 2.21. The first kappa shape index (κ1) is 17.7. The van der Waals surface area contributed by atoms with Crippen molar-refractivity contribution in [2.75, 3.05) is 26.2 Å². The van der Waals surface area contributed by atoms with Gasteiger partial charge in [0.05, 0.1) is 6.54 Å². The summed E-state index contributed by atoms with van der Waals surface area (Å²) in [4.78, 5) is 13.7. The van der Waals surface area contributed by atoms with Gasteiger partial charge in [-0.1, -0.05) is 23.7 Å². The van der Waals surface area contributed by atoms with E-state index in [4.69, 9.17) is 16.3 Å². The van der Waals surface area contributed by atoms with Gasteiger partial charge < -0.3 is 10.1 Å². The molecule has 4 nitrogen and oxygen atoms in total. The highest BCUT2D eigenvalue weighted by Crippen LogP contribution is 2.19. The maximum atomic E-state index is 13.1. The lowest BCUT2D eigenvalue weighted by Gasteiger charge is -2.30. The molecule has 0 radical (unpaired) electrons. The monoisotopic (exact) mass is 362 g/mol. The number of hydrogen-bond donors (Lipinski definition) is 1. The number of ether oxygens (including phenoxy) is 1. The van der Waals surface area contributed by atoms with Crippen LogP contribution in [-0.2, 0) is 11.2 Å². The fraction of sp³-hybridized carbons (Fsp3) is 0.316. The number of carbonyl (C=O) groups excluding carboxylic acids is 1. The number of benzene rings is 2. The summed E-state index contributed by atoms with van der Waals surface area (Å²) in [5.41, 5.74) is 0.988. The zero-order chi connectivity index (χ0) is 17.6. The number of piperazine rings is 1. The summed E-state index contributed by atoms with van der Waals surface area (Å²) in [7, 11) is 0. The molecule has 25 heavy (non-hydrogen) atoms. The number of nitrogens with one attached hydrogen (secondary N) is 1. The largest absolute Gasteiger partial charge is 0.489 e. The number of hydrogen-bond acceptors (Lipinski definition) is 3. The SMILES string of the molecule is O=C1CN(CC(Cc2ccc(F)cc2)Oc2ccc(Cl)cc2)CCN1. The molecule has 1 fully saturated rings. The summed E-state index contributed by atoms with van der Waals surface area (Å²) in [6.07, 6.45) is 0.471. The van der Waals surface area contributed by atoms with Gasteiger partial charge in [0.2, 0.25) is 5.91 Å². The van der Waals surface area contributed by atoms with Crippen LogP contribution in [-0.4, -0.2) is 43.1 Å². The lowest BCUT2D eigenvalue weighted by Crippen LogP contribution is -2.50. The van der Waals surface area contributed by atoms with Gasteiger partial charge in [-0.2, -0.15) is 0 Å². The van der Waals surface area contributed by atoms with Crippen LogP contribution in [0.2, 0.25) is 5.02 Å². The summed E-state index contributed by atoms with van der Waals surface area (Å²) in [5.74, 6) is 0.489. The maximum absolute atomic E-state index is 13.1. The smallest absolute Gasteiger partial charge is 0.234 e. The Morgan fingerprint density at radius 1 is 1.16 bits per heavy atom. The molecule has 132 valence electrons. The highest BCUT2D eigenvalue weighted by atomic mass is 35.5. The predicted octanol–water partition coefficient (Wildman–Crippen LogP) is 2.90. The van der Waals surface area contributed by atoms with Crippen molar-refractivity contribution in [2.45, 2.75) is 12.5 Å². The molecular weight excluding hydrogens is 343 g/mol. The average Bonchev–Trinajstić information content (AvgIpc) is 2.59. The molecule has 1 atom stereocenters. The van der Waals surface area contributed by atoms with Crippen molar-refractivity contribution in [1.29, 1.82) is 0 Å². The Labute approximate surface area is 151 Å². The second-order valence-electron chi connectivity index (χ2n) is 6.11. The van der Waals surface area contributed by atoms with Crippen molar-refractivity contribution in [1.82, 2.24) is 10.2 Å². The molecule has 0 aromatic heterocycles. The second kappa shape index (κ2) is 8.32.